The number of aliphatic hydroxyl groups excluding tert-OH is 1. The Bertz CT molecular complexity index is 260. The Morgan fingerprint density at radius 2 is 2.00 bits per heavy atom. The van der Waals surface area contributed by atoms with Crippen molar-refractivity contribution in [1.29, 1.82) is 0 Å². The van der Waals surface area contributed by atoms with Crippen LogP contribution in [0, 0.1) is 3.57 Å². The third-order valence-electron chi connectivity index (χ3n) is 2.04. The molecule has 0 aliphatic carbocycles. The molecule has 1 unspecified atom stereocenters. The zero-order chi connectivity index (χ0) is 10.4. The predicted octanol–water partition coefficient (Wildman–Crippen LogP) is 2.95. The second kappa shape index (κ2) is 6.69. The molecule has 1 rings (SSSR count). The zero-order valence-corrected chi connectivity index (χ0v) is 11.2. The molecule has 0 bridgehead atoms. The SMILES string of the molecule is CSCCC(O)Cc1ccc(I)cc1. The number of rotatable bonds is 5. The summed E-state index contributed by atoms with van der Waals surface area (Å²) < 4.78 is 1.24. The molecule has 0 aliphatic heterocycles. The lowest BCUT2D eigenvalue weighted by atomic mass is 10.1. The molecule has 1 atom stereocenters. The lowest BCUT2D eigenvalue weighted by molar-refractivity contribution is 0.172. The average Bonchev–Trinajstić information content (AvgIpc) is 2.18. The van der Waals surface area contributed by atoms with Gasteiger partial charge in [-0.1, -0.05) is 12.1 Å². The molecule has 0 fully saturated rings. The Morgan fingerprint density at radius 3 is 2.57 bits per heavy atom. The summed E-state index contributed by atoms with van der Waals surface area (Å²) in [6.45, 7) is 0. The quantitative estimate of drug-likeness (QED) is 0.841. The van der Waals surface area contributed by atoms with Crippen molar-refractivity contribution in [2.24, 2.45) is 0 Å². The summed E-state index contributed by atoms with van der Waals surface area (Å²) >= 11 is 4.07. The summed E-state index contributed by atoms with van der Waals surface area (Å²) in [6, 6.07) is 8.34. The van der Waals surface area contributed by atoms with Crippen LogP contribution >= 0.6 is 34.4 Å². The topological polar surface area (TPSA) is 20.2 Å². The van der Waals surface area contributed by atoms with E-state index in [9.17, 15) is 5.11 Å². The molecular formula is C11H15IOS. The van der Waals surface area contributed by atoms with Gasteiger partial charge in [-0.05, 0) is 65.1 Å². The maximum absolute atomic E-state index is 9.69. The van der Waals surface area contributed by atoms with Crippen LogP contribution in [0.4, 0.5) is 0 Å². The number of thioether (sulfide) groups is 1. The number of benzene rings is 1. The van der Waals surface area contributed by atoms with Crippen LogP contribution in [0.1, 0.15) is 12.0 Å². The van der Waals surface area contributed by atoms with Crippen molar-refractivity contribution >= 4 is 34.4 Å². The van der Waals surface area contributed by atoms with Crippen LogP contribution in [-0.4, -0.2) is 23.2 Å². The average molecular weight is 322 g/mol. The molecule has 3 heteroatoms. The molecule has 1 N–H and O–H groups in total. The van der Waals surface area contributed by atoms with Gasteiger partial charge >= 0.3 is 0 Å². The molecule has 0 spiro atoms. The van der Waals surface area contributed by atoms with E-state index in [1.165, 1.54) is 9.13 Å². The summed E-state index contributed by atoms with van der Waals surface area (Å²) in [5, 5.41) is 9.69. The normalized spacial score (nSPS) is 12.8. The van der Waals surface area contributed by atoms with Gasteiger partial charge in [-0.3, -0.25) is 0 Å². The molecule has 1 aromatic rings. The highest BCUT2D eigenvalue weighted by molar-refractivity contribution is 14.1. The smallest absolute Gasteiger partial charge is 0.0588 e. The summed E-state index contributed by atoms with van der Waals surface area (Å²) in [5.74, 6) is 1.03. The minimum atomic E-state index is -0.192. The van der Waals surface area contributed by atoms with Gasteiger partial charge in [-0.2, -0.15) is 11.8 Å². The second-order valence-corrected chi connectivity index (χ2v) is 5.50. The summed E-state index contributed by atoms with van der Waals surface area (Å²) in [6.07, 6.45) is 3.53. The highest BCUT2D eigenvalue weighted by atomic mass is 127. The fourth-order valence-electron chi connectivity index (χ4n) is 1.25. The fourth-order valence-corrected chi connectivity index (χ4v) is 2.12. The lowest BCUT2D eigenvalue weighted by Crippen LogP contribution is -2.11. The van der Waals surface area contributed by atoms with Gasteiger partial charge in [-0.15, -0.1) is 0 Å². The van der Waals surface area contributed by atoms with Gasteiger partial charge in [0.05, 0.1) is 6.10 Å². The largest absolute Gasteiger partial charge is 0.393 e. The number of halogens is 1. The molecule has 78 valence electrons. The molecule has 0 aliphatic rings. The fraction of sp³-hybridized carbons (Fsp3) is 0.455. The Hall–Kier alpha value is 0.260. The third kappa shape index (κ3) is 4.66. The minimum absolute atomic E-state index is 0.192. The Morgan fingerprint density at radius 1 is 1.36 bits per heavy atom. The van der Waals surface area contributed by atoms with E-state index in [0.29, 0.717) is 0 Å². The van der Waals surface area contributed by atoms with Crippen LogP contribution in [0.25, 0.3) is 0 Å². The van der Waals surface area contributed by atoms with Gasteiger partial charge in [0, 0.05) is 3.57 Å². The van der Waals surface area contributed by atoms with Crippen molar-refractivity contribution in [1.82, 2.24) is 0 Å². The van der Waals surface area contributed by atoms with Crippen LogP contribution in [0.15, 0.2) is 24.3 Å². The van der Waals surface area contributed by atoms with E-state index in [1.54, 1.807) is 11.8 Å². The Balaban J connectivity index is 2.39. The van der Waals surface area contributed by atoms with E-state index in [-0.39, 0.29) is 6.10 Å². The summed E-state index contributed by atoms with van der Waals surface area (Å²) in [4.78, 5) is 0. The monoisotopic (exact) mass is 322 g/mol. The highest BCUT2D eigenvalue weighted by Crippen LogP contribution is 2.11. The van der Waals surface area contributed by atoms with Gasteiger partial charge in [0.2, 0.25) is 0 Å². The third-order valence-corrected chi connectivity index (χ3v) is 3.40. The first-order valence-electron chi connectivity index (χ1n) is 4.64. The van der Waals surface area contributed by atoms with Gasteiger partial charge in [0.25, 0.3) is 0 Å². The molecule has 1 nitrogen and oxygen atoms in total. The van der Waals surface area contributed by atoms with E-state index < -0.39 is 0 Å². The molecule has 0 saturated carbocycles. The molecule has 0 radical (unpaired) electrons. The van der Waals surface area contributed by atoms with Crippen LogP contribution in [0.5, 0.6) is 0 Å². The van der Waals surface area contributed by atoms with Gasteiger partial charge < -0.3 is 5.11 Å². The number of hydrogen-bond donors (Lipinski definition) is 1. The number of hydrogen-bond acceptors (Lipinski definition) is 2. The molecule has 14 heavy (non-hydrogen) atoms. The Kier molecular flexibility index (Phi) is 5.89. The van der Waals surface area contributed by atoms with Crippen molar-refractivity contribution in [2.45, 2.75) is 18.9 Å². The van der Waals surface area contributed by atoms with Crippen molar-refractivity contribution in [2.75, 3.05) is 12.0 Å². The molecular weight excluding hydrogens is 307 g/mol. The van der Waals surface area contributed by atoms with Gasteiger partial charge in [0.1, 0.15) is 0 Å². The Labute approximate surface area is 103 Å². The van der Waals surface area contributed by atoms with Crippen molar-refractivity contribution in [3.8, 4) is 0 Å². The van der Waals surface area contributed by atoms with Gasteiger partial charge in [-0.25, -0.2) is 0 Å². The molecule has 0 aromatic heterocycles. The van der Waals surface area contributed by atoms with Crippen molar-refractivity contribution < 1.29 is 5.11 Å². The predicted molar refractivity (Wildman–Crippen MR) is 71.9 cm³/mol. The number of aliphatic hydroxyl groups is 1. The first-order chi connectivity index (χ1) is 6.72. The maximum Gasteiger partial charge on any atom is 0.0588 e. The van der Waals surface area contributed by atoms with Crippen LogP contribution in [0.3, 0.4) is 0 Å². The van der Waals surface area contributed by atoms with Gasteiger partial charge in [0.15, 0.2) is 0 Å². The second-order valence-electron chi connectivity index (χ2n) is 3.27. The zero-order valence-electron chi connectivity index (χ0n) is 8.24. The van der Waals surface area contributed by atoms with E-state index in [0.717, 1.165) is 18.6 Å². The van der Waals surface area contributed by atoms with Crippen LogP contribution in [-0.2, 0) is 6.42 Å². The van der Waals surface area contributed by atoms with E-state index in [2.05, 4.69) is 53.1 Å². The van der Waals surface area contributed by atoms with Crippen LogP contribution in [0.2, 0.25) is 0 Å². The highest BCUT2D eigenvalue weighted by Gasteiger charge is 2.04. The summed E-state index contributed by atoms with van der Waals surface area (Å²) in [7, 11) is 0. The lowest BCUT2D eigenvalue weighted by Gasteiger charge is -2.09. The molecule has 0 saturated heterocycles. The molecule has 1 aromatic carbocycles. The van der Waals surface area contributed by atoms with E-state index in [1.807, 2.05) is 0 Å². The van der Waals surface area contributed by atoms with Crippen molar-refractivity contribution in [3.63, 3.8) is 0 Å². The van der Waals surface area contributed by atoms with Crippen LogP contribution < -0.4 is 0 Å². The molecule has 0 amide bonds. The first kappa shape index (κ1) is 12.3. The van der Waals surface area contributed by atoms with E-state index in [4.69, 9.17) is 0 Å². The maximum atomic E-state index is 9.69. The summed E-state index contributed by atoms with van der Waals surface area (Å²) in [5.41, 5.74) is 1.22. The molecule has 0 heterocycles. The van der Waals surface area contributed by atoms with Crippen molar-refractivity contribution in [3.05, 3.63) is 33.4 Å². The van der Waals surface area contributed by atoms with E-state index >= 15 is 0 Å². The minimum Gasteiger partial charge on any atom is -0.393 e. The first-order valence-corrected chi connectivity index (χ1v) is 7.11. The standard InChI is InChI=1S/C11H15IOS/c1-14-7-6-11(13)8-9-2-4-10(12)5-3-9/h2-5,11,13H,6-8H2,1H3.